The monoisotopic (exact) mass is 460 g/mol. The van der Waals surface area contributed by atoms with Gasteiger partial charge >= 0.3 is 0 Å². The van der Waals surface area contributed by atoms with Crippen LogP contribution in [0.5, 0.6) is 0 Å². The third-order valence-corrected chi connectivity index (χ3v) is 7.35. The normalized spacial score (nSPS) is 18.7. The largest absolute Gasteiger partial charge is 0.464 e. The number of nitrogens with zero attached hydrogens (tertiary/aromatic N) is 2. The minimum absolute atomic E-state index is 0.0482. The molecule has 5 rings (SSSR count). The van der Waals surface area contributed by atoms with Gasteiger partial charge < -0.3 is 24.6 Å². The number of carbonyl (C=O) groups is 1. The average Bonchev–Trinajstić information content (AvgIpc) is 3.59. The van der Waals surface area contributed by atoms with Crippen molar-refractivity contribution in [1.82, 2.24) is 15.1 Å². The van der Waals surface area contributed by atoms with Gasteiger partial charge in [-0.2, -0.15) is 0 Å². The SMILES string of the molecule is N=C(NCc1ccc2occc2c1)N1CCN(C(=O)[C@](O)(c2ccccc2)C2CCCC2)CC1. The summed E-state index contributed by atoms with van der Waals surface area (Å²) in [5, 5.41) is 24.5. The number of amides is 1. The highest BCUT2D eigenvalue weighted by Gasteiger charge is 2.48. The van der Waals surface area contributed by atoms with Gasteiger partial charge in [0.2, 0.25) is 0 Å². The topological polar surface area (TPSA) is 92.8 Å². The molecule has 0 unspecified atom stereocenters. The van der Waals surface area contributed by atoms with E-state index in [-0.39, 0.29) is 11.8 Å². The van der Waals surface area contributed by atoms with Crippen molar-refractivity contribution in [2.45, 2.75) is 37.8 Å². The van der Waals surface area contributed by atoms with Crippen molar-refractivity contribution in [3.05, 3.63) is 72.0 Å². The molecule has 0 radical (unpaired) electrons. The van der Waals surface area contributed by atoms with E-state index in [2.05, 4.69) is 11.4 Å². The lowest BCUT2D eigenvalue weighted by molar-refractivity contribution is -0.160. The highest BCUT2D eigenvalue weighted by molar-refractivity contribution is 5.87. The van der Waals surface area contributed by atoms with Crippen LogP contribution >= 0.6 is 0 Å². The second-order valence-electron chi connectivity index (χ2n) is 9.39. The van der Waals surface area contributed by atoms with E-state index in [1.807, 2.05) is 53.4 Å². The Morgan fingerprint density at radius 3 is 2.47 bits per heavy atom. The number of piperazine rings is 1. The maximum absolute atomic E-state index is 13.7. The Morgan fingerprint density at radius 2 is 1.74 bits per heavy atom. The summed E-state index contributed by atoms with van der Waals surface area (Å²) in [7, 11) is 0. The van der Waals surface area contributed by atoms with Crippen molar-refractivity contribution < 1.29 is 14.3 Å². The molecule has 1 amide bonds. The molecule has 1 aliphatic heterocycles. The van der Waals surface area contributed by atoms with Gasteiger partial charge in [0.25, 0.3) is 5.91 Å². The van der Waals surface area contributed by atoms with Crippen molar-refractivity contribution in [3.63, 3.8) is 0 Å². The zero-order valence-corrected chi connectivity index (χ0v) is 19.4. The van der Waals surface area contributed by atoms with E-state index in [1.165, 1.54) is 0 Å². The van der Waals surface area contributed by atoms with E-state index in [0.717, 1.165) is 42.2 Å². The van der Waals surface area contributed by atoms with Crippen molar-refractivity contribution in [3.8, 4) is 0 Å². The molecule has 2 fully saturated rings. The predicted molar refractivity (Wildman–Crippen MR) is 131 cm³/mol. The van der Waals surface area contributed by atoms with Gasteiger partial charge in [-0.05, 0) is 42.2 Å². The Balaban J connectivity index is 1.20. The number of benzene rings is 2. The van der Waals surface area contributed by atoms with Crippen LogP contribution in [-0.2, 0) is 16.9 Å². The summed E-state index contributed by atoms with van der Waals surface area (Å²) < 4.78 is 5.39. The third kappa shape index (κ3) is 4.28. The van der Waals surface area contributed by atoms with E-state index in [1.54, 1.807) is 11.2 Å². The molecule has 178 valence electrons. The van der Waals surface area contributed by atoms with Crippen molar-refractivity contribution in [2.75, 3.05) is 26.2 Å². The van der Waals surface area contributed by atoms with Crippen molar-refractivity contribution >= 4 is 22.8 Å². The first-order valence-corrected chi connectivity index (χ1v) is 12.2. The summed E-state index contributed by atoms with van der Waals surface area (Å²) in [5.41, 5.74) is 1.15. The summed E-state index contributed by atoms with van der Waals surface area (Å²) in [5.74, 6) is 0.111. The second-order valence-corrected chi connectivity index (χ2v) is 9.39. The fourth-order valence-corrected chi connectivity index (χ4v) is 5.37. The van der Waals surface area contributed by atoms with Crippen LogP contribution in [0, 0.1) is 11.3 Å². The minimum atomic E-state index is -1.47. The van der Waals surface area contributed by atoms with Crippen LogP contribution in [-0.4, -0.2) is 53.0 Å². The molecule has 1 atom stereocenters. The molecule has 0 bridgehead atoms. The molecular weight excluding hydrogens is 428 g/mol. The summed E-state index contributed by atoms with van der Waals surface area (Å²) in [6, 6.07) is 17.4. The number of rotatable bonds is 5. The van der Waals surface area contributed by atoms with Crippen molar-refractivity contribution in [2.24, 2.45) is 5.92 Å². The standard InChI is InChI=1S/C27H32N4O3/c28-26(29-19-20-10-11-24-21(18-20)12-17-34-24)31-15-13-30(14-16-31)25(32)27(33,23-8-4-5-9-23)22-6-2-1-3-7-22/h1-3,6-7,10-12,17-18,23,33H,4-5,8-9,13-16,19H2,(H2,28,29)/t27-/m0/s1. The zero-order chi connectivity index (χ0) is 23.5. The second kappa shape index (κ2) is 9.50. The van der Waals surface area contributed by atoms with Crippen LogP contribution in [0.25, 0.3) is 11.0 Å². The maximum Gasteiger partial charge on any atom is 0.259 e. The van der Waals surface area contributed by atoms with Crippen LogP contribution in [0.4, 0.5) is 0 Å². The average molecular weight is 461 g/mol. The number of hydrogen-bond acceptors (Lipinski definition) is 4. The molecule has 3 N–H and O–H groups in total. The number of guanidine groups is 1. The van der Waals surface area contributed by atoms with Crippen LogP contribution in [0.1, 0.15) is 36.8 Å². The van der Waals surface area contributed by atoms with Gasteiger partial charge in [-0.1, -0.05) is 49.2 Å². The molecule has 2 aromatic carbocycles. The third-order valence-electron chi connectivity index (χ3n) is 7.35. The van der Waals surface area contributed by atoms with E-state index in [4.69, 9.17) is 9.83 Å². The van der Waals surface area contributed by atoms with Gasteiger partial charge in [0, 0.05) is 44.0 Å². The fourth-order valence-electron chi connectivity index (χ4n) is 5.37. The molecule has 1 saturated heterocycles. The molecule has 34 heavy (non-hydrogen) atoms. The van der Waals surface area contributed by atoms with Crippen LogP contribution in [0.3, 0.4) is 0 Å². The first-order chi connectivity index (χ1) is 16.6. The molecule has 1 aliphatic carbocycles. The van der Waals surface area contributed by atoms with Crippen LogP contribution in [0.2, 0.25) is 0 Å². The Bertz CT molecular complexity index is 1150. The van der Waals surface area contributed by atoms with Crippen LogP contribution < -0.4 is 5.32 Å². The quantitative estimate of drug-likeness (QED) is 0.399. The lowest BCUT2D eigenvalue weighted by Crippen LogP contribution is -2.58. The van der Waals surface area contributed by atoms with Gasteiger partial charge in [-0.15, -0.1) is 0 Å². The van der Waals surface area contributed by atoms with E-state index >= 15 is 0 Å². The number of aliphatic hydroxyl groups is 1. The number of fused-ring (bicyclic) bond motifs is 1. The molecular formula is C27H32N4O3. The Hall–Kier alpha value is -3.32. The Labute approximate surface area is 199 Å². The van der Waals surface area contributed by atoms with Gasteiger partial charge in [0.1, 0.15) is 5.58 Å². The Kier molecular flexibility index (Phi) is 6.28. The van der Waals surface area contributed by atoms with E-state index < -0.39 is 5.60 Å². The number of hydrogen-bond donors (Lipinski definition) is 3. The van der Waals surface area contributed by atoms with Gasteiger partial charge in [0.15, 0.2) is 11.6 Å². The molecule has 1 saturated carbocycles. The summed E-state index contributed by atoms with van der Waals surface area (Å²) in [4.78, 5) is 17.4. The molecule has 7 heteroatoms. The summed E-state index contributed by atoms with van der Waals surface area (Å²) in [6.07, 6.45) is 5.53. The lowest BCUT2D eigenvalue weighted by Gasteiger charge is -2.42. The van der Waals surface area contributed by atoms with Gasteiger partial charge in [-0.3, -0.25) is 10.2 Å². The van der Waals surface area contributed by atoms with Gasteiger partial charge in [0.05, 0.1) is 6.26 Å². The number of furan rings is 1. The number of nitrogens with one attached hydrogen (secondary N) is 2. The van der Waals surface area contributed by atoms with Crippen molar-refractivity contribution in [1.29, 1.82) is 5.41 Å². The highest BCUT2D eigenvalue weighted by atomic mass is 16.3. The van der Waals surface area contributed by atoms with E-state index in [0.29, 0.717) is 44.2 Å². The number of carbonyl (C=O) groups excluding carboxylic acids is 1. The molecule has 3 aromatic rings. The smallest absolute Gasteiger partial charge is 0.259 e. The molecule has 2 aliphatic rings. The molecule has 2 heterocycles. The predicted octanol–water partition coefficient (Wildman–Crippen LogP) is 3.68. The minimum Gasteiger partial charge on any atom is -0.464 e. The lowest BCUT2D eigenvalue weighted by atomic mass is 9.79. The molecule has 7 nitrogen and oxygen atoms in total. The van der Waals surface area contributed by atoms with Gasteiger partial charge in [-0.25, -0.2) is 0 Å². The molecule has 0 spiro atoms. The van der Waals surface area contributed by atoms with Crippen LogP contribution in [0.15, 0.2) is 65.3 Å². The highest BCUT2D eigenvalue weighted by Crippen LogP contribution is 2.42. The Morgan fingerprint density at radius 1 is 1.03 bits per heavy atom. The maximum atomic E-state index is 13.7. The first kappa shape index (κ1) is 22.5. The fraction of sp³-hybridized carbons (Fsp3) is 0.407. The first-order valence-electron chi connectivity index (χ1n) is 12.2. The molecule has 1 aromatic heterocycles. The zero-order valence-electron chi connectivity index (χ0n) is 19.4. The summed E-state index contributed by atoms with van der Waals surface area (Å²) >= 11 is 0. The van der Waals surface area contributed by atoms with E-state index in [9.17, 15) is 9.90 Å². The summed E-state index contributed by atoms with van der Waals surface area (Å²) in [6.45, 7) is 2.66.